The molecule has 1 heterocycles. The standard InChI is InChI=1S/C16H21NO/c18-16(14-6-4-7-14)15-8-3-5-13(11-15)12-17-9-1-2-10-17/h3,5,8,11,14H,1-2,4,6-7,9-10,12H2. The van der Waals surface area contributed by atoms with Crippen molar-refractivity contribution in [3.05, 3.63) is 35.4 Å². The maximum absolute atomic E-state index is 12.2. The van der Waals surface area contributed by atoms with E-state index in [-0.39, 0.29) is 0 Å². The third kappa shape index (κ3) is 2.49. The first kappa shape index (κ1) is 11.9. The van der Waals surface area contributed by atoms with Gasteiger partial charge in [0.05, 0.1) is 0 Å². The van der Waals surface area contributed by atoms with Gasteiger partial charge in [-0.25, -0.2) is 0 Å². The summed E-state index contributed by atoms with van der Waals surface area (Å²) in [5, 5.41) is 0. The molecule has 0 N–H and O–H groups in total. The van der Waals surface area contributed by atoms with E-state index in [2.05, 4.69) is 17.0 Å². The predicted molar refractivity (Wildman–Crippen MR) is 72.6 cm³/mol. The molecule has 1 aliphatic heterocycles. The zero-order valence-corrected chi connectivity index (χ0v) is 10.9. The summed E-state index contributed by atoms with van der Waals surface area (Å²) in [5.41, 5.74) is 2.22. The molecule has 1 aliphatic carbocycles. The Morgan fingerprint density at radius 3 is 2.61 bits per heavy atom. The van der Waals surface area contributed by atoms with E-state index in [9.17, 15) is 4.79 Å². The van der Waals surface area contributed by atoms with Crippen molar-refractivity contribution in [2.75, 3.05) is 13.1 Å². The summed E-state index contributed by atoms with van der Waals surface area (Å²) in [5.74, 6) is 0.677. The number of Topliss-reactive ketones (excluding diaryl/α,β-unsaturated/α-hetero) is 1. The van der Waals surface area contributed by atoms with Gasteiger partial charge >= 0.3 is 0 Å². The van der Waals surface area contributed by atoms with Gasteiger partial charge in [0.2, 0.25) is 0 Å². The van der Waals surface area contributed by atoms with Crippen LogP contribution < -0.4 is 0 Å². The van der Waals surface area contributed by atoms with Gasteiger partial charge in [0, 0.05) is 18.0 Å². The van der Waals surface area contributed by atoms with Crippen LogP contribution in [0.15, 0.2) is 24.3 Å². The van der Waals surface area contributed by atoms with Crippen LogP contribution in [-0.2, 0) is 6.54 Å². The molecule has 2 aliphatic rings. The highest BCUT2D eigenvalue weighted by Gasteiger charge is 2.26. The Labute approximate surface area is 109 Å². The highest BCUT2D eigenvalue weighted by molar-refractivity contribution is 5.98. The summed E-state index contributed by atoms with van der Waals surface area (Å²) < 4.78 is 0. The molecule has 1 aromatic rings. The molecule has 0 spiro atoms. The van der Waals surface area contributed by atoms with E-state index < -0.39 is 0 Å². The summed E-state index contributed by atoms with van der Waals surface area (Å²) >= 11 is 0. The van der Waals surface area contributed by atoms with Gasteiger partial charge in [0.1, 0.15) is 0 Å². The van der Waals surface area contributed by atoms with Gasteiger partial charge in [-0.1, -0.05) is 24.6 Å². The summed E-state index contributed by atoms with van der Waals surface area (Å²) in [6, 6.07) is 8.28. The van der Waals surface area contributed by atoms with Crippen molar-refractivity contribution < 1.29 is 4.79 Å². The third-order valence-corrected chi connectivity index (χ3v) is 4.29. The molecule has 18 heavy (non-hydrogen) atoms. The fourth-order valence-corrected chi connectivity index (χ4v) is 2.93. The molecule has 96 valence electrons. The van der Waals surface area contributed by atoms with Crippen LogP contribution in [0.2, 0.25) is 0 Å². The number of rotatable bonds is 4. The number of benzene rings is 1. The van der Waals surface area contributed by atoms with Gasteiger partial charge in [-0.3, -0.25) is 9.69 Å². The quantitative estimate of drug-likeness (QED) is 0.756. The molecule has 0 radical (unpaired) electrons. The van der Waals surface area contributed by atoms with Crippen LogP contribution in [0.1, 0.15) is 48.0 Å². The van der Waals surface area contributed by atoms with E-state index in [4.69, 9.17) is 0 Å². The monoisotopic (exact) mass is 243 g/mol. The molecule has 1 aromatic carbocycles. The number of carbonyl (C=O) groups is 1. The summed E-state index contributed by atoms with van der Waals surface area (Å²) in [4.78, 5) is 14.7. The minimum atomic E-state index is 0.312. The molecule has 3 rings (SSSR count). The first-order valence-corrected chi connectivity index (χ1v) is 7.18. The van der Waals surface area contributed by atoms with E-state index in [1.807, 2.05) is 12.1 Å². The van der Waals surface area contributed by atoms with Crippen molar-refractivity contribution in [1.29, 1.82) is 0 Å². The number of likely N-dealkylation sites (tertiary alicyclic amines) is 1. The molecular formula is C16H21NO. The Morgan fingerprint density at radius 1 is 1.17 bits per heavy atom. The van der Waals surface area contributed by atoms with Crippen molar-refractivity contribution in [1.82, 2.24) is 4.90 Å². The Hall–Kier alpha value is -1.15. The lowest BCUT2D eigenvalue weighted by molar-refractivity contribution is 0.0855. The van der Waals surface area contributed by atoms with Crippen LogP contribution in [0.4, 0.5) is 0 Å². The van der Waals surface area contributed by atoms with Crippen molar-refractivity contribution in [2.45, 2.75) is 38.6 Å². The molecular weight excluding hydrogens is 222 g/mol. The fourth-order valence-electron chi connectivity index (χ4n) is 2.93. The average molecular weight is 243 g/mol. The molecule has 2 heteroatoms. The summed E-state index contributed by atoms with van der Waals surface area (Å²) in [7, 11) is 0. The number of nitrogens with zero attached hydrogens (tertiary/aromatic N) is 1. The van der Waals surface area contributed by atoms with Crippen LogP contribution in [0.5, 0.6) is 0 Å². The lowest BCUT2D eigenvalue weighted by Gasteiger charge is -2.24. The molecule has 1 saturated heterocycles. The van der Waals surface area contributed by atoms with E-state index in [0.29, 0.717) is 11.7 Å². The van der Waals surface area contributed by atoms with Crippen molar-refractivity contribution in [3.8, 4) is 0 Å². The Bertz CT molecular complexity index is 430. The second kappa shape index (κ2) is 5.23. The predicted octanol–water partition coefficient (Wildman–Crippen LogP) is 3.27. The lowest BCUT2D eigenvalue weighted by Crippen LogP contribution is -2.22. The fraction of sp³-hybridized carbons (Fsp3) is 0.562. The average Bonchev–Trinajstić information content (AvgIpc) is 2.80. The van der Waals surface area contributed by atoms with Gasteiger partial charge in [-0.15, -0.1) is 0 Å². The highest BCUT2D eigenvalue weighted by atomic mass is 16.1. The second-order valence-electron chi connectivity index (χ2n) is 5.68. The minimum Gasteiger partial charge on any atom is -0.299 e. The molecule has 0 aromatic heterocycles. The molecule has 0 atom stereocenters. The van der Waals surface area contributed by atoms with Crippen LogP contribution in [-0.4, -0.2) is 23.8 Å². The number of hydrogen-bond acceptors (Lipinski definition) is 2. The first-order chi connectivity index (χ1) is 8.83. The van der Waals surface area contributed by atoms with Gasteiger partial charge in [-0.2, -0.15) is 0 Å². The molecule has 2 fully saturated rings. The maximum atomic E-state index is 12.2. The third-order valence-electron chi connectivity index (χ3n) is 4.29. The van der Waals surface area contributed by atoms with Gasteiger partial charge in [-0.05, 0) is 50.4 Å². The van der Waals surface area contributed by atoms with Crippen LogP contribution in [0.3, 0.4) is 0 Å². The molecule has 0 unspecified atom stereocenters. The molecule has 0 amide bonds. The zero-order chi connectivity index (χ0) is 12.4. The molecule has 1 saturated carbocycles. The van der Waals surface area contributed by atoms with Crippen molar-refractivity contribution >= 4 is 5.78 Å². The van der Waals surface area contributed by atoms with E-state index in [1.54, 1.807) is 0 Å². The summed E-state index contributed by atoms with van der Waals surface area (Å²) in [6.45, 7) is 3.42. The zero-order valence-electron chi connectivity index (χ0n) is 10.9. The van der Waals surface area contributed by atoms with Gasteiger partial charge in [0.15, 0.2) is 5.78 Å². The Morgan fingerprint density at radius 2 is 1.94 bits per heavy atom. The SMILES string of the molecule is O=C(c1cccc(CN2CCCC2)c1)C1CCC1. The maximum Gasteiger partial charge on any atom is 0.165 e. The molecule has 2 nitrogen and oxygen atoms in total. The van der Waals surface area contributed by atoms with Gasteiger partial charge in [0.25, 0.3) is 0 Å². The normalized spacial score (nSPS) is 20.9. The number of ketones is 1. The van der Waals surface area contributed by atoms with E-state index in [1.165, 1.54) is 37.9 Å². The largest absolute Gasteiger partial charge is 0.299 e. The smallest absolute Gasteiger partial charge is 0.165 e. The van der Waals surface area contributed by atoms with Crippen molar-refractivity contribution in [3.63, 3.8) is 0 Å². The van der Waals surface area contributed by atoms with E-state index in [0.717, 1.165) is 24.9 Å². The first-order valence-electron chi connectivity index (χ1n) is 7.18. The Kier molecular flexibility index (Phi) is 3.46. The molecule has 0 bridgehead atoms. The minimum absolute atomic E-state index is 0.312. The lowest BCUT2D eigenvalue weighted by atomic mass is 9.80. The van der Waals surface area contributed by atoms with E-state index >= 15 is 0 Å². The number of hydrogen-bond donors (Lipinski definition) is 0. The van der Waals surface area contributed by atoms with Crippen LogP contribution in [0, 0.1) is 5.92 Å². The highest BCUT2D eigenvalue weighted by Crippen LogP contribution is 2.30. The van der Waals surface area contributed by atoms with Gasteiger partial charge < -0.3 is 0 Å². The number of carbonyl (C=O) groups excluding carboxylic acids is 1. The summed E-state index contributed by atoms with van der Waals surface area (Å²) in [6.07, 6.45) is 6.05. The Balaban J connectivity index is 1.69. The van der Waals surface area contributed by atoms with Crippen molar-refractivity contribution in [2.24, 2.45) is 5.92 Å². The topological polar surface area (TPSA) is 20.3 Å². The second-order valence-corrected chi connectivity index (χ2v) is 5.68. The van der Waals surface area contributed by atoms with Crippen LogP contribution in [0.25, 0.3) is 0 Å². The van der Waals surface area contributed by atoms with Crippen LogP contribution >= 0.6 is 0 Å².